The molecular formula is C16H18N8OS. The van der Waals surface area contributed by atoms with Crippen molar-refractivity contribution in [3.8, 4) is 0 Å². The second-order valence-electron chi connectivity index (χ2n) is 5.59. The fourth-order valence-corrected chi connectivity index (χ4v) is 3.27. The Balaban J connectivity index is 1.60. The molecule has 0 saturated heterocycles. The quantitative estimate of drug-likeness (QED) is 0.505. The molecule has 4 heterocycles. The lowest BCUT2D eigenvalue weighted by atomic mass is 10.4. The zero-order chi connectivity index (χ0) is 17.8. The highest BCUT2D eigenvalue weighted by Gasteiger charge is 2.17. The van der Waals surface area contributed by atoms with Crippen LogP contribution in [0.2, 0.25) is 0 Å². The average molecular weight is 370 g/mol. The summed E-state index contributed by atoms with van der Waals surface area (Å²) in [5.74, 6) is 1.41. The van der Waals surface area contributed by atoms with E-state index in [-0.39, 0.29) is 0 Å². The second-order valence-corrected chi connectivity index (χ2v) is 6.62. The monoisotopic (exact) mass is 370 g/mol. The van der Waals surface area contributed by atoms with E-state index in [1.807, 2.05) is 23.0 Å². The molecular weight excluding hydrogens is 352 g/mol. The van der Waals surface area contributed by atoms with Crippen LogP contribution in [0.25, 0.3) is 11.3 Å². The number of hydrogen-bond donors (Lipinski definition) is 1. The maximum atomic E-state index is 4.77. The Morgan fingerprint density at radius 2 is 2.12 bits per heavy atom. The highest BCUT2D eigenvalue weighted by molar-refractivity contribution is 7.09. The van der Waals surface area contributed by atoms with Crippen molar-refractivity contribution in [2.45, 2.75) is 20.0 Å². The summed E-state index contributed by atoms with van der Waals surface area (Å²) in [6.45, 7) is 5.03. The van der Waals surface area contributed by atoms with Gasteiger partial charge in [-0.25, -0.2) is 14.6 Å². The Morgan fingerprint density at radius 1 is 1.23 bits per heavy atom. The van der Waals surface area contributed by atoms with Gasteiger partial charge in [-0.15, -0.1) is 11.3 Å². The van der Waals surface area contributed by atoms with Crippen LogP contribution in [0.1, 0.15) is 11.8 Å². The predicted molar refractivity (Wildman–Crippen MR) is 99.2 cm³/mol. The number of fused-ring (bicyclic) bond motifs is 1. The Bertz CT molecular complexity index is 950. The van der Waals surface area contributed by atoms with Crippen molar-refractivity contribution in [1.82, 2.24) is 30.1 Å². The smallest absolute Gasteiger partial charge is 0.245 e. The Kier molecular flexibility index (Phi) is 4.73. The van der Waals surface area contributed by atoms with E-state index in [2.05, 4.69) is 54.0 Å². The lowest BCUT2D eigenvalue weighted by Gasteiger charge is -2.23. The third kappa shape index (κ3) is 3.49. The van der Waals surface area contributed by atoms with Crippen LogP contribution in [0.3, 0.4) is 0 Å². The van der Waals surface area contributed by atoms with Gasteiger partial charge in [0.2, 0.25) is 11.3 Å². The highest BCUT2D eigenvalue weighted by atomic mass is 32.1. The molecule has 0 saturated carbocycles. The predicted octanol–water partition coefficient (Wildman–Crippen LogP) is 2.41. The van der Waals surface area contributed by atoms with Gasteiger partial charge in [-0.2, -0.15) is 5.10 Å². The van der Waals surface area contributed by atoms with E-state index in [1.54, 1.807) is 17.5 Å². The molecule has 0 atom stereocenters. The minimum Gasteiger partial charge on any atom is -0.362 e. The molecule has 4 aromatic rings. The molecule has 134 valence electrons. The first kappa shape index (κ1) is 16.5. The fourth-order valence-electron chi connectivity index (χ4n) is 2.62. The van der Waals surface area contributed by atoms with Crippen LogP contribution in [-0.4, -0.2) is 43.2 Å². The number of nitrogens with one attached hydrogen (secondary N) is 1. The zero-order valence-electron chi connectivity index (χ0n) is 14.2. The molecule has 9 nitrogen and oxygen atoms in total. The molecule has 0 unspecified atom stereocenters. The molecule has 4 rings (SSSR count). The molecule has 0 spiro atoms. The Morgan fingerprint density at radius 3 is 2.85 bits per heavy atom. The summed E-state index contributed by atoms with van der Waals surface area (Å²) < 4.78 is 6.67. The molecule has 0 bridgehead atoms. The van der Waals surface area contributed by atoms with Gasteiger partial charge < -0.3 is 10.2 Å². The van der Waals surface area contributed by atoms with Crippen LogP contribution in [0.5, 0.6) is 0 Å². The summed E-state index contributed by atoms with van der Waals surface area (Å²) in [5, 5.41) is 17.3. The third-order valence-electron chi connectivity index (χ3n) is 3.95. The normalized spacial score (nSPS) is 11.1. The lowest BCUT2D eigenvalue weighted by molar-refractivity contribution is 0.314. The van der Waals surface area contributed by atoms with Crippen LogP contribution in [0.15, 0.2) is 40.6 Å². The number of rotatable bonds is 8. The molecule has 0 aliphatic carbocycles. The lowest BCUT2D eigenvalue weighted by Crippen LogP contribution is -2.29. The van der Waals surface area contributed by atoms with Crippen molar-refractivity contribution < 1.29 is 4.63 Å². The summed E-state index contributed by atoms with van der Waals surface area (Å²) in [4.78, 5) is 12.5. The standard InChI is InChI=1S/C16H18N8OS/c1-2-23(8-9-24-7-4-6-18-24)16-15(17-11-12-5-3-10-26-12)19-13-14(20-16)22-25-21-13/h3-7,10H,2,8-9,11H2,1H3,(H,17,19,21). The third-order valence-corrected chi connectivity index (χ3v) is 4.82. The first-order valence-corrected chi connectivity index (χ1v) is 9.20. The van der Waals surface area contributed by atoms with E-state index in [1.165, 1.54) is 4.88 Å². The van der Waals surface area contributed by atoms with E-state index in [4.69, 9.17) is 4.63 Å². The van der Waals surface area contributed by atoms with Gasteiger partial charge in [0, 0.05) is 30.4 Å². The van der Waals surface area contributed by atoms with Gasteiger partial charge in [0.15, 0.2) is 11.6 Å². The topological polar surface area (TPSA) is 97.8 Å². The minimum absolute atomic E-state index is 0.394. The van der Waals surface area contributed by atoms with Crippen molar-refractivity contribution >= 4 is 34.3 Å². The molecule has 0 aromatic carbocycles. The number of aromatic nitrogens is 6. The first-order valence-electron chi connectivity index (χ1n) is 8.32. The van der Waals surface area contributed by atoms with Gasteiger partial charge in [-0.05, 0) is 34.7 Å². The van der Waals surface area contributed by atoms with E-state index >= 15 is 0 Å². The van der Waals surface area contributed by atoms with Crippen molar-refractivity contribution in [3.63, 3.8) is 0 Å². The maximum absolute atomic E-state index is 4.77. The molecule has 0 aliphatic rings. The highest BCUT2D eigenvalue weighted by Crippen LogP contribution is 2.24. The van der Waals surface area contributed by atoms with Crippen LogP contribution < -0.4 is 10.2 Å². The second kappa shape index (κ2) is 7.48. The summed E-state index contributed by atoms with van der Waals surface area (Å²) in [7, 11) is 0. The van der Waals surface area contributed by atoms with E-state index in [0.29, 0.717) is 23.7 Å². The molecule has 0 radical (unpaired) electrons. The Labute approximate surface area is 153 Å². The van der Waals surface area contributed by atoms with Gasteiger partial charge in [0.05, 0.1) is 13.1 Å². The van der Waals surface area contributed by atoms with Crippen molar-refractivity contribution in [3.05, 3.63) is 40.8 Å². The molecule has 1 N–H and O–H groups in total. The van der Waals surface area contributed by atoms with Crippen LogP contribution >= 0.6 is 11.3 Å². The molecule has 0 amide bonds. The van der Waals surface area contributed by atoms with Crippen LogP contribution in [0.4, 0.5) is 11.6 Å². The van der Waals surface area contributed by atoms with Crippen LogP contribution in [-0.2, 0) is 13.1 Å². The number of hydrogen-bond acceptors (Lipinski definition) is 9. The summed E-state index contributed by atoms with van der Waals surface area (Å²) >= 11 is 1.69. The summed E-state index contributed by atoms with van der Waals surface area (Å²) in [6.07, 6.45) is 3.72. The molecule has 4 aromatic heterocycles. The number of thiophene rings is 1. The number of anilines is 2. The van der Waals surface area contributed by atoms with E-state index in [9.17, 15) is 0 Å². The summed E-state index contributed by atoms with van der Waals surface area (Å²) in [5.41, 5.74) is 0.796. The maximum Gasteiger partial charge on any atom is 0.245 e. The average Bonchev–Trinajstić information content (AvgIpc) is 3.42. The molecule has 10 heteroatoms. The van der Waals surface area contributed by atoms with Crippen molar-refractivity contribution in [2.75, 3.05) is 23.3 Å². The zero-order valence-corrected chi connectivity index (χ0v) is 15.1. The SMILES string of the molecule is CCN(CCn1cccn1)c1nc2nonc2nc1NCc1cccs1. The van der Waals surface area contributed by atoms with Gasteiger partial charge in [0.25, 0.3) is 0 Å². The molecule has 0 aliphatic heterocycles. The largest absolute Gasteiger partial charge is 0.362 e. The first-order chi connectivity index (χ1) is 12.8. The number of likely N-dealkylation sites (N-methyl/N-ethyl adjacent to an activating group) is 1. The van der Waals surface area contributed by atoms with E-state index < -0.39 is 0 Å². The van der Waals surface area contributed by atoms with Crippen LogP contribution in [0, 0.1) is 0 Å². The van der Waals surface area contributed by atoms with Gasteiger partial charge >= 0.3 is 0 Å². The van der Waals surface area contributed by atoms with E-state index in [0.717, 1.165) is 25.5 Å². The van der Waals surface area contributed by atoms with Gasteiger partial charge in [0.1, 0.15) is 0 Å². The van der Waals surface area contributed by atoms with Crippen molar-refractivity contribution in [1.29, 1.82) is 0 Å². The van der Waals surface area contributed by atoms with Gasteiger partial charge in [-0.1, -0.05) is 6.07 Å². The molecule has 0 fully saturated rings. The summed E-state index contributed by atoms with van der Waals surface area (Å²) in [6, 6.07) is 6.02. The minimum atomic E-state index is 0.394. The molecule has 26 heavy (non-hydrogen) atoms. The number of nitrogens with zero attached hydrogens (tertiary/aromatic N) is 7. The Hall–Kier alpha value is -3.01. The van der Waals surface area contributed by atoms with Crippen molar-refractivity contribution in [2.24, 2.45) is 0 Å². The fraction of sp³-hybridized carbons (Fsp3) is 0.312. The van der Waals surface area contributed by atoms with Gasteiger partial charge in [-0.3, -0.25) is 4.68 Å².